The van der Waals surface area contributed by atoms with Gasteiger partial charge in [0, 0.05) is 12.1 Å². The van der Waals surface area contributed by atoms with Crippen LogP contribution in [0.25, 0.3) is 0 Å². The topological polar surface area (TPSA) is 108 Å². The van der Waals surface area contributed by atoms with Crippen LogP contribution in [-0.4, -0.2) is 85.3 Å². The van der Waals surface area contributed by atoms with Crippen LogP contribution in [-0.2, 0) is 33.2 Å². The summed E-state index contributed by atoms with van der Waals surface area (Å²) >= 11 is 0. The zero-order valence-electron chi connectivity index (χ0n) is 20.0. The lowest BCUT2D eigenvalue weighted by Gasteiger charge is -2.09. The van der Waals surface area contributed by atoms with Crippen LogP contribution in [0.3, 0.4) is 0 Å². The van der Waals surface area contributed by atoms with E-state index >= 15 is 0 Å². The fraction of sp³-hybridized carbons (Fsp3) is 0.708. The lowest BCUT2D eigenvalue weighted by atomic mass is 10.2. The van der Waals surface area contributed by atoms with Gasteiger partial charge in [-0.05, 0) is 30.7 Å². The Hall–Kier alpha value is -1.91. The number of carbonyl (C=O) groups excluding carboxylic acids is 1. The minimum Gasteiger partial charge on any atom is -0.491 e. The van der Waals surface area contributed by atoms with Gasteiger partial charge in [0.2, 0.25) is 0 Å². The van der Waals surface area contributed by atoms with E-state index < -0.39 is 0 Å². The molecule has 190 valence electrons. The number of rotatable bonds is 23. The van der Waals surface area contributed by atoms with Crippen LogP contribution in [0.4, 0.5) is 5.69 Å². The van der Waals surface area contributed by atoms with E-state index in [1.807, 2.05) is 12.1 Å². The van der Waals surface area contributed by atoms with Crippen LogP contribution in [0.5, 0.6) is 5.75 Å². The van der Waals surface area contributed by atoms with E-state index in [1.54, 1.807) is 12.1 Å². The van der Waals surface area contributed by atoms with E-state index in [4.69, 9.17) is 38.9 Å². The smallest absolute Gasteiger partial charge is 0.305 e. The Bertz CT molecular complexity index is 570. The Balaban J connectivity index is 1.70. The molecule has 0 aliphatic rings. The molecule has 0 fully saturated rings. The number of esters is 1. The number of nitrogens with two attached hydrogens (primary N) is 1. The van der Waals surface area contributed by atoms with Gasteiger partial charge >= 0.3 is 5.97 Å². The lowest BCUT2D eigenvalue weighted by Crippen LogP contribution is -2.15. The van der Waals surface area contributed by atoms with Crippen molar-refractivity contribution in [2.75, 3.05) is 85.0 Å². The first-order valence-electron chi connectivity index (χ1n) is 11.7. The van der Waals surface area contributed by atoms with Gasteiger partial charge in [-0.25, -0.2) is 0 Å². The Morgan fingerprint density at radius 1 is 0.667 bits per heavy atom. The van der Waals surface area contributed by atoms with E-state index in [-0.39, 0.29) is 12.6 Å². The first-order chi connectivity index (χ1) is 16.2. The Kier molecular flexibility index (Phi) is 19.3. The van der Waals surface area contributed by atoms with E-state index in [0.717, 1.165) is 25.0 Å². The third-order valence-electron chi connectivity index (χ3n) is 4.34. The second-order valence-corrected chi connectivity index (χ2v) is 7.16. The predicted octanol–water partition coefficient (Wildman–Crippen LogP) is 2.85. The fourth-order valence-corrected chi connectivity index (χ4v) is 2.57. The van der Waals surface area contributed by atoms with E-state index in [9.17, 15) is 4.79 Å². The summed E-state index contributed by atoms with van der Waals surface area (Å²) in [7, 11) is 0. The number of anilines is 1. The molecule has 9 nitrogen and oxygen atoms in total. The Labute approximate surface area is 197 Å². The highest BCUT2D eigenvalue weighted by atomic mass is 16.6. The molecule has 0 heterocycles. The minimum absolute atomic E-state index is 0.156. The molecule has 9 heteroatoms. The van der Waals surface area contributed by atoms with Crippen molar-refractivity contribution >= 4 is 11.7 Å². The Morgan fingerprint density at radius 3 is 1.61 bits per heavy atom. The number of nitrogen functional groups attached to an aromatic ring is 1. The SMILES string of the molecule is CCCCCC(=O)OCCOCCOCCOCCOCCOCCOc1ccc(N)cc1. The van der Waals surface area contributed by atoms with Crippen molar-refractivity contribution in [2.45, 2.75) is 32.6 Å². The summed E-state index contributed by atoms with van der Waals surface area (Å²) in [6.45, 7) is 7.70. The molecule has 0 aliphatic heterocycles. The predicted molar refractivity (Wildman–Crippen MR) is 126 cm³/mol. The van der Waals surface area contributed by atoms with Crippen molar-refractivity contribution in [1.29, 1.82) is 0 Å². The summed E-state index contributed by atoms with van der Waals surface area (Å²) < 4.78 is 37.7. The van der Waals surface area contributed by atoms with Gasteiger partial charge < -0.3 is 38.9 Å². The standard InChI is InChI=1S/C24H41NO8/c1-2-3-4-5-24(26)33-21-19-31-17-15-29-13-11-27-10-12-28-14-16-30-18-20-32-23-8-6-22(25)7-9-23/h6-9H,2-5,10-21,25H2,1H3. The quantitative estimate of drug-likeness (QED) is 0.146. The number of unbranched alkanes of at least 4 members (excludes halogenated alkanes) is 2. The maximum atomic E-state index is 11.4. The summed E-state index contributed by atoms with van der Waals surface area (Å²) in [5, 5.41) is 0. The van der Waals surface area contributed by atoms with Crippen LogP contribution >= 0.6 is 0 Å². The van der Waals surface area contributed by atoms with Crippen LogP contribution < -0.4 is 10.5 Å². The number of hydrogen-bond acceptors (Lipinski definition) is 9. The number of benzene rings is 1. The number of hydrogen-bond donors (Lipinski definition) is 1. The zero-order chi connectivity index (χ0) is 23.8. The van der Waals surface area contributed by atoms with Gasteiger partial charge in [-0.1, -0.05) is 19.8 Å². The van der Waals surface area contributed by atoms with Crippen molar-refractivity contribution in [3.05, 3.63) is 24.3 Å². The molecule has 0 saturated heterocycles. The molecule has 1 aromatic rings. The largest absolute Gasteiger partial charge is 0.491 e. The summed E-state index contributed by atoms with van der Waals surface area (Å²) in [6, 6.07) is 7.25. The molecule has 0 amide bonds. The van der Waals surface area contributed by atoms with Gasteiger partial charge in [-0.3, -0.25) is 4.79 Å². The molecule has 0 atom stereocenters. The van der Waals surface area contributed by atoms with Crippen LogP contribution in [0, 0.1) is 0 Å². The first kappa shape index (κ1) is 29.1. The molecule has 0 bridgehead atoms. The van der Waals surface area contributed by atoms with Crippen molar-refractivity contribution in [3.8, 4) is 5.75 Å². The van der Waals surface area contributed by atoms with Gasteiger partial charge in [0.25, 0.3) is 0 Å². The molecule has 0 unspecified atom stereocenters. The molecule has 0 aliphatic carbocycles. The third-order valence-corrected chi connectivity index (χ3v) is 4.34. The molecule has 0 radical (unpaired) electrons. The third kappa shape index (κ3) is 19.3. The van der Waals surface area contributed by atoms with Crippen LogP contribution in [0.15, 0.2) is 24.3 Å². The van der Waals surface area contributed by atoms with E-state index in [0.29, 0.717) is 84.8 Å². The molecular formula is C24H41NO8. The highest BCUT2D eigenvalue weighted by molar-refractivity contribution is 5.69. The molecule has 1 aromatic carbocycles. The second-order valence-electron chi connectivity index (χ2n) is 7.16. The lowest BCUT2D eigenvalue weighted by molar-refractivity contribution is -0.145. The summed E-state index contributed by atoms with van der Waals surface area (Å²) in [4.78, 5) is 11.4. The summed E-state index contributed by atoms with van der Waals surface area (Å²) in [5.74, 6) is 0.616. The fourth-order valence-electron chi connectivity index (χ4n) is 2.57. The molecule has 2 N–H and O–H groups in total. The molecule has 33 heavy (non-hydrogen) atoms. The molecule has 0 saturated carbocycles. The Morgan fingerprint density at radius 2 is 1.12 bits per heavy atom. The highest BCUT2D eigenvalue weighted by Crippen LogP contribution is 2.12. The van der Waals surface area contributed by atoms with Crippen LogP contribution in [0.2, 0.25) is 0 Å². The van der Waals surface area contributed by atoms with Crippen molar-refractivity contribution in [2.24, 2.45) is 0 Å². The molecule has 0 aromatic heterocycles. The first-order valence-corrected chi connectivity index (χ1v) is 11.7. The van der Waals surface area contributed by atoms with E-state index in [2.05, 4.69) is 6.92 Å². The number of ether oxygens (including phenoxy) is 7. The van der Waals surface area contributed by atoms with Crippen molar-refractivity contribution in [3.63, 3.8) is 0 Å². The second kappa shape index (κ2) is 21.9. The highest BCUT2D eigenvalue weighted by Gasteiger charge is 2.01. The van der Waals surface area contributed by atoms with E-state index in [1.165, 1.54) is 0 Å². The van der Waals surface area contributed by atoms with Gasteiger partial charge in [0.05, 0.1) is 66.1 Å². The maximum Gasteiger partial charge on any atom is 0.305 e. The average molecular weight is 472 g/mol. The molecule has 1 rings (SSSR count). The molecular weight excluding hydrogens is 430 g/mol. The summed E-state index contributed by atoms with van der Waals surface area (Å²) in [5.41, 5.74) is 6.33. The molecule has 0 spiro atoms. The monoisotopic (exact) mass is 471 g/mol. The maximum absolute atomic E-state index is 11.4. The summed E-state index contributed by atoms with van der Waals surface area (Å²) in [6.07, 6.45) is 3.51. The van der Waals surface area contributed by atoms with Crippen molar-refractivity contribution in [1.82, 2.24) is 0 Å². The average Bonchev–Trinajstić information content (AvgIpc) is 2.82. The zero-order valence-corrected chi connectivity index (χ0v) is 20.0. The minimum atomic E-state index is -0.156. The normalized spacial score (nSPS) is 10.9. The van der Waals surface area contributed by atoms with Gasteiger partial charge in [-0.15, -0.1) is 0 Å². The number of carbonyl (C=O) groups is 1. The van der Waals surface area contributed by atoms with Crippen LogP contribution in [0.1, 0.15) is 32.6 Å². The van der Waals surface area contributed by atoms with Crippen molar-refractivity contribution < 1.29 is 38.0 Å². The van der Waals surface area contributed by atoms with Gasteiger partial charge in [0.15, 0.2) is 0 Å². The van der Waals surface area contributed by atoms with Gasteiger partial charge in [0.1, 0.15) is 19.0 Å². The van der Waals surface area contributed by atoms with Gasteiger partial charge in [-0.2, -0.15) is 0 Å².